The van der Waals surface area contributed by atoms with Crippen LogP contribution in [0.15, 0.2) is 25.0 Å². The molecule has 1 aliphatic rings. The Bertz CT molecular complexity index is 159. The summed E-state index contributed by atoms with van der Waals surface area (Å²) in [5, 5.41) is 0. The Kier molecular flexibility index (Phi) is 1.81. The summed E-state index contributed by atoms with van der Waals surface area (Å²) >= 11 is 0. The molecule has 0 aliphatic carbocycles. The van der Waals surface area contributed by atoms with Crippen molar-refractivity contribution in [2.75, 3.05) is 0 Å². The predicted octanol–water partition coefficient (Wildman–Crippen LogP) is 1.84. The minimum absolute atomic E-state index is 0.0104. The first-order valence-electron chi connectivity index (χ1n) is 3.29. The maximum Gasteiger partial charge on any atom is 0.204 e. The van der Waals surface area contributed by atoms with E-state index in [-0.39, 0.29) is 6.10 Å². The van der Waals surface area contributed by atoms with E-state index in [2.05, 4.69) is 6.58 Å². The fraction of sp³-hybridized carbons (Fsp3) is 0.500. The van der Waals surface area contributed by atoms with Gasteiger partial charge >= 0.3 is 0 Å². The van der Waals surface area contributed by atoms with Crippen molar-refractivity contribution in [2.24, 2.45) is 0 Å². The molecule has 0 radical (unpaired) electrons. The van der Waals surface area contributed by atoms with E-state index in [1.54, 1.807) is 12.3 Å². The normalized spacial score (nSPS) is 29.2. The van der Waals surface area contributed by atoms with Crippen LogP contribution in [-0.2, 0) is 9.47 Å². The predicted molar refractivity (Wildman–Crippen MR) is 39.4 cm³/mol. The van der Waals surface area contributed by atoms with E-state index < -0.39 is 5.79 Å². The quantitative estimate of drug-likeness (QED) is 0.517. The highest BCUT2D eigenvalue weighted by Crippen LogP contribution is 2.19. The Balaban J connectivity index is 2.62. The molecule has 0 N–H and O–H groups in total. The highest BCUT2D eigenvalue weighted by Gasteiger charge is 2.24. The van der Waals surface area contributed by atoms with Gasteiger partial charge in [0, 0.05) is 13.8 Å². The van der Waals surface area contributed by atoms with Gasteiger partial charge in [0.25, 0.3) is 0 Å². The van der Waals surface area contributed by atoms with E-state index >= 15 is 0 Å². The molecule has 1 rings (SSSR count). The topological polar surface area (TPSA) is 18.5 Å². The summed E-state index contributed by atoms with van der Waals surface area (Å²) < 4.78 is 10.5. The maximum absolute atomic E-state index is 5.40. The summed E-state index contributed by atoms with van der Waals surface area (Å²) in [5.74, 6) is -0.506. The Morgan fingerprint density at radius 2 is 2.30 bits per heavy atom. The highest BCUT2D eigenvalue weighted by atomic mass is 16.7. The first-order chi connectivity index (χ1) is 4.64. The molecule has 1 atom stereocenters. The van der Waals surface area contributed by atoms with Crippen LogP contribution in [0, 0.1) is 0 Å². The Morgan fingerprint density at radius 3 is 2.70 bits per heavy atom. The van der Waals surface area contributed by atoms with Crippen LogP contribution in [-0.4, -0.2) is 11.9 Å². The summed E-state index contributed by atoms with van der Waals surface area (Å²) in [6.07, 6.45) is 5.19. The number of hydrogen-bond acceptors (Lipinski definition) is 2. The lowest BCUT2D eigenvalue weighted by Crippen LogP contribution is -2.33. The maximum atomic E-state index is 5.40. The molecule has 0 bridgehead atoms. The molecule has 0 spiro atoms. The van der Waals surface area contributed by atoms with Crippen molar-refractivity contribution in [1.82, 2.24) is 0 Å². The first-order valence-corrected chi connectivity index (χ1v) is 3.29. The zero-order chi connectivity index (χ0) is 7.61. The van der Waals surface area contributed by atoms with Crippen molar-refractivity contribution < 1.29 is 9.47 Å². The lowest BCUT2D eigenvalue weighted by Gasteiger charge is -2.30. The van der Waals surface area contributed by atoms with Gasteiger partial charge in [-0.25, -0.2) is 0 Å². The van der Waals surface area contributed by atoms with Crippen LogP contribution in [0.3, 0.4) is 0 Å². The van der Waals surface area contributed by atoms with Crippen LogP contribution in [0.25, 0.3) is 0 Å². The van der Waals surface area contributed by atoms with Gasteiger partial charge in [-0.05, 0) is 6.08 Å². The minimum atomic E-state index is -0.506. The Labute approximate surface area is 61.1 Å². The molecule has 2 heteroatoms. The minimum Gasteiger partial charge on any atom is -0.471 e. The largest absolute Gasteiger partial charge is 0.471 e. The molecule has 0 aromatic rings. The third-order valence-corrected chi connectivity index (χ3v) is 1.27. The standard InChI is InChI=1S/C8H12O2/c1-4-7-5-6-9-8(2,3)10-7/h4-7H,1H2,2-3H3. The van der Waals surface area contributed by atoms with E-state index in [1.165, 1.54) is 0 Å². The second-order valence-electron chi connectivity index (χ2n) is 2.66. The highest BCUT2D eigenvalue weighted by molar-refractivity contribution is 4.99. The zero-order valence-corrected chi connectivity index (χ0v) is 6.33. The van der Waals surface area contributed by atoms with Crippen molar-refractivity contribution in [1.29, 1.82) is 0 Å². The summed E-state index contributed by atoms with van der Waals surface area (Å²) in [4.78, 5) is 0. The fourth-order valence-electron chi connectivity index (χ4n) is 0.802. The van der Waals surface area contributed by atoms with Crippen LogP contribution in [0.5, 0.6) is 0 Å². The molecule has 56 valence electrons. The van der Waals surface area contributed by atoms with Crippen LogP contribution in [0.4, 0.5) is 0 Å². The molecule has 1 aliphatic heterocycles. The van der Waals surface area contributed by atoms with E-state index in [4.69, 9.17) is 9.47 Å². The molecular formula is C8H12O2. The van der Waals surface area contributed by atoms with Crippen molar-refractivity contribution in [2.45, 2.75) is 25.7 Å². The monoisotopic (exact) mass is 140 g/mol. The molecule has 2 nitrogen and oxygen atoms in total. The molecule has 0 aromatic heterocycles. The van der Waals surface area contributed by atoms with Gasteiger partial charge in [-0.2, -0.15) is 0 Å². The summed E-state index contributed by atoms with van der Waals surface area (Å²) in [6, 6.07) is 0. The zero-order valence-electron chi connectivity index (χ0n) is 6.33. The van der Waals surface area contributed by atoms with Gasteiger partial charge in [0.15, 0.2) is 0 Å². The van der Waals surface area contributed by atoms with Gasteiger partial charge in [0.1, 0.15) is 6.10 Å². The van der Waals surface area contributed by atoms with Gasteiger partial charge in [-0.3, -0.25) is 0 Å². The molecule has 0 saturated heterocycles. The molecule has 0 aromatic carbocycles. The van der Waals surface area contributed by atoms with E-state index in [1.807, 2.05) is 19.9 Å². The molecular weight excluding hydrogens is 128 g/mol. The van der Waals surface area contributed by atoms with Crippen molar-refractivity contribution in [3.05, 3.63) is 25.0 Å². The lowest BCUT2D eigenvalue weighted by molar-refractivity contribution is -0.202. The van der Waals surface area contributed by atoms with Crippen molar-refractivity contribution in [3.63, 3.8) is 0 Å². The summed E-state index contributed by atoms with van der Waals surface area (Å²) in [5.41, 5.74) is 0. The third-order valence-electron chi connectivity index (χ3n) is 1.27. The second-order valence-corrected chi connectivity index (χ2v) is 2.66. The van der Waals surface area contributed by atoms with E-state index in [9.17, 15) is 0 Å². The van der Waals surface area contributed by atoms with E-state index in [0.29, 0.717) is 0 Å². The van der Waals surface area contributed by atoms with Crippen LogP contribution in [0.1, 0.15) is 13.8 Å². The number of rotatable bonds is 1. The van der Waals surface area contributed by atoms with Gasteiger partial charge in [-0.1, -0.05) is 6.08 Å². The van der Waals surface area contributed by atoms with Crippen molar-refractivity contribution in [3.8, 4) is 0 Å². The second kappa shape index (κ2) is 2.46. The van der Waals surface area contributed by atoms with Crippen molar-refractivity contribution >= 4 is 0 Å². The molecule has 0 saturated carbocycles. The SMILES string of the molecule is C=CC1C=COC(C)(C)O1. The van der Waals surface area contributed by atoms with Crippen LogP contribution in [0.2, 0.25) is 0 Å². The molecule has 1 unspecified atom stereocenters. The first kappa shape index (κ1) is 7.35. The number of ether oxygens (including phenoxy) is 2. The van der Waals surface area contributed by atoms with E-state index in [0.717, 1.165) is 0 Å². The van der Waals surface area contributed by atoms with Crippen LogP contribution >= 0.6 is 0 Å². The smallest absolute Gasteiger partial charge is 0.204 e. The van der Waals surface area contributed by atoms with Gasteiger partial charge in [-0.15, -0.1) is 6.58 Å². The van der Waals surface area contributed by atoms with Gasteiger partial charge < -0.3 is 9.47 Å². The molecule has 1 heterocycles. The number of hydrogen-bond donors (Lipinski definition) is 0. The molecule has 0 amide bonds. The van der Waals surface area contributed by atoms with Crippen LogP contribution < -0.4 is 0 Å². The summed E-state index contributed by atoms with van der Waals surface area (Å²) in [7, 11) is 0. The lowest BCUT2D eigenvalue weighted by atomic mass is 10.3. The summed E-state index contributed by atoms with van der Waals surface area (Å²) in [6.45, 7) is 7.35. The molecule has 0 fully saturated rings. The Hall–Kier alpha value is -0.760. The average Bonchev–Trinajstić information content (AvgIpc) is 1.86. The fourth-order valence-corrected chi connectivity index (χ4v) is 0.802. The van der Waals surface area contributed by atoms with Gasteiger partial charge in [0.2, 0.25) is 5.79 Å². The van der Waals surface area contributed by atoms with Gasteiger partial charge in [0.05, 0.1) is 6.26 Å². The molecule has 10 heavy (non-hydrogen) atoms. The Morgan fingerprint density at radius 1 is 1.60 bits per heavy atom. The third kappa shape index (κ3) is 1.61. The average molecular weight is 140 g/mol.